The van der Waals surface area contributed by atoms with Crippen molar-refractivity contribution in [1.82, 2.24) is 0 Å². The third-order valence-electron chi connectivity index (χ3n) is 2.61. The molecule has 1 rings (SSSR count). The maximum absolute atomic E-state index is 11.1. The molecule has 1 aromatic carbocycles. The molecular formula is C12H17NO2S. The molecule has 0 aliphatic rings. The van der Waals surface area contributed by atoms with Gasteiger partial charge in [-0.3, -0.25) is 4.79 Å². The Bertz CT molecular complexity index is 402. The van der Waals surface area contributed by atoms with E-state index in [1.165, 1.54) is 0 Å². The minimum Gasteiger partial charge on any atom is -0.395 e. The van der Waals surface area contributed by atoms with Crippen molar-refractivity contribution in [2.24, 2.45) is 5.73 Å². The van der Waals surface area contributed by atoms with E-state index in [2.05, 4.69) is 0 Å². The summed E-state index contributed by atoms with van der Waals surface area (Å²) in [5, 5.41) is 9.35. The van der Waals surface area contributed by atoms with Crippen LogP contribution in [0.25, 0.3) is 0 Å². The van der Waals surface area contributed by atoms with Crippen molar-refractivity contribution in [3.05, 3.63) is 29.3 Å². The molecule has 0 radical (unpaired) electrons. The van der Waals surface area contributed by atoms with Crippen LogP contribution < -0.4 is 5.73 Å². The van der Waals surface area contributed by atoms with Gasteiger partial charge in [0.1, 0.15) is 0 Å². The van der Waals surface area contributed by atoms with Crippen LogP contribution in [-0.4, -0.2) is 23.9 Å². The molecule has 3 nitrogen and oxygen atoms in total. The number of hydrogen-bond donors (Lipinski definition) is 2. The van der Waals surface area contributed by atoms with E-state index in [-0.39, 0.29) is 12.0 Å². The quantitative estimate of drug-likeness (QED) is 0.787. The van der Waals surface area contributed by atoms with Gasteiger partial charge >= 0.3 is 0 Å². The fraction of sp³-hybridized carbons (Fsp3) is 0.417. The van der Waals surface area contributed by atoms with Crippen LogP contribution in [0.2, 0.25) is 0 Å². The number of carbonyl (C=O) groups is 1. The maximum Gasteiger partial charge on any atom is 0.248 e. The normalized spacial score (nSPS) is 11.5. The predicted molar refractivity (Wildman–Crippen MR) is 66.9 cm³/mol. The standard InChI is InChI=1S/C12H17NO2S/c1-12(2,7-14)9-5-4-8(11(13)15)6-10(9)16-3/h4-6,14H,7H2,1-3H3,(H2,13,15). The van der Waals surface area contributed by atoms with Crippen molar-refractivity contribution in [3.63, 3.8) is 0 Å². The average Bonchev–Trinajstić information content (AvgIpc) is 2.28. The topological polar surface area (TPSA) is 63.3 Å². The lowest BCUT2D eigenvalue weighted by atomic mass is 9.85. The molecule has 0 saturated heterocycles. The Morgan fingerprint density at radius 3 is 2.56 bits per heavy atom. The molecule has 1 aromatic rings. The molecule has 0 spiro atoms. The Morgan fingerprint density at radius 1 is 1.50 bits per heavy atom. The summed E-state index contributed by atoms with van der Waals surface area (Å²) in [6.45, 7) is 3.99. The lowest BCUT2D eigenvalue weighted by Crippen LogP contribution is -2.23. The number of hydrogen-bond acceptors (Lipinski definition) is 3. The van der Waals surface area contributed by atoms with Crippen LogP contribution in [-0.2, 0) is 5.41 Å². The van der Waals surface area contributed by atoms with Crippen molar-refractivity contribution >= 4 is 17.7 Å². The van der Waals surface area contributed by atoms with Gasteiger partial charge in [-0.1, -0.05) is 19.9 Å². The highest BCUT2D eigenvalue weighted by atomic mass is 32.2. The van der Waals surface area contributed by atoms with Crippen LogP contribution in [0.1, 0.15) is 29.8 Å². The van der Waals surface area contributed by atoms with Gasteiger partial charge in [0.2, 0.25) is 5.91 Å². The molecule has 3 N–H and O–H groups in total. The van der Waals surface area contributed by atoms with E-state index in [1.54, 1.807) is 23.9 Å². The van der Waals surface area contributed by atoms with E-state index < -0.39 is 5.91 Å². The first-order valence-electron chi connectivity index (χ1n) is 5.01. The Hall–Kier alpha value is -1.00. The van der Waals surface area contributed by atoms with Crippen LogP contribution in [0.15, 0.2) is 23.1 Å². The second-order valence-electron chi connectivity index (χ2n) is 4.32. The van der Waals surface area contributed by atoms with Crippen LogP contribution >= 0.6 is 11.8 Å². The fourth-order valence-electron chi connectivity index (χ4n) is 1.49. The molecule has 88 valence electrons. The SMILES string of the molecule is CSc1cc(C(N)=O)ccc1C(C)(C)CO. The summed E-state index contributed by atoms with van der Waals surface area (Å²) in [6.07, 6.45) is 1.94. The van der Waals surface area contributed by atoms with Crippen LogP contribution in [0.3, 0.4) is 0 Å². The number of benzene rings is 1. The first-order valence-corrected chi connectivity index (χ1v) is 6.24. The second-order valence-corrected chi connectivity index (χ2v) is 5.17. The summed E-state index contributed by atoms with van der Waals surface area (Å²) >= 11 is 1.55. The molecule has 0 atom stereocenters. The van der Waals surface area contributed by atoms with Crippen LogP contribution in [0, 0.1) is 0 Å². The van der Waals surface area contributed by atoms with E-state index >= 15 is 0 Å². The molecule has 0 bridgehead atoms. The van der Waals surface area contributed by atoms with Crippen molar-refractivity contribution in [1.29, 1.82) is 0 Å². The molecule has 0 heterocycles. The number of primary amides is 1. The maximum atomic E-state index is 11.1. The summed E-state index contributed by atoms with van der Waals surface area (Å²) in [6, 6.07) is 5.34. The van der Waals surface area contributed by atoms with Crippen molar-refractivity contribution in [3.8, 4) is 0 Å². The molecule has 0 fully saturated rings. The number of nitrogens with two attached hydrogens (primary N) is 1. The number of amides is 1. The third kappa shape index (κ3) is 2.57. The average molecular weight is 239 g/mol. The molecule has 0 unspecified atom stereocenters. The largest absolute Gasteiger partial charge is 0.395 e. The van der Waals surface area contributed by atoms with Gasteiger partial charge in [0.05, 0.1) is 6.61 Å². The monoisotopic (exact) mass is 239 g/mol. The summed E-state index contributed by atoms with van der Waals surface area (Å²) in [5.74, 6) is -0.427. The summed E-state index contributed by atoms with van der Waals surface area (Å²) in [5.41, 5.74) is 6.46. The third-order valence-corrected chi connectivity index (χ3v) is 3.39. The van der Waals surface area contributed by atoms with Crippen molar-refractivity contribution < 1.29 is 9.90 Å². The Balaban J connectivity index is 3.27. The summed E-state index contributed by atoms with van der Waals surface area (Å²) in [7, 11) is 0. The summed E-state index contributed by atoms with van der Waals surface area (Å²) in [4.78, 5) is 12.0. The molecule has 0 aliphatic carbocycles. The van der Waals surface area contributed by atoms with E-state index in [0.717, 1.165) is 10.5 Å². The highest BCUT2D eigenvalue weighted by Gasteiger charge is 2.23. The molecule has 4 heteroatoms. The molecule has 0 aliphatic heterocycles. The number of aliphatic hydroxyl groups is 1. The molecule has 0 saturated carbocycles. The predicted octanol–water partition coefficient (Wildman–Crippen LogP) is 1.78. The van der Waals surface area contributed by atoms with E-state index in [0.29, 0.717) is 5.56 Å². The minimum atomic E-state index is -0.427. The Labute approximate surface area is 100 Å². The first kappa shape index (κ1) is 13.1. The molecule has 16 heavy (non-hydrogen) atoms. The van der Waals surface area contributed by atoms with E-state index in [1.807, 2.05) is 26.2 Å². The zero-order valence-electron chi connectivity index (χ0n) is 9.78. The zero-order valence-corrected chi connectivity index (χ0v) is 10.6. The molecule has 0 aromatic heterocycles. The van der Waals surface area contributed by atoms with Gasteiger partial charge in [0.15, 0.2) is 0 Å². The highest BCUT2D eigenvalue weighted by molar-refractivity contribution is 7.98. The van der Waals surface area contributed by atoms with Gasteiger partial charge in [-0.2, -0.15) is 0 Å². The second kappa shape index (κ2) is 4.89. The van der Waals surface area contributed by atoms with Gasteiger partial charge in [-0.25, -0.2) is 0 Å². The van der Waals surface area contributed by atoms with Crippen LogP contribution in [0.5, 0.6) is 0 Å². The lowest BCUT2D eigenvalue weighted by Gasteiger charge is -2.25. The fourth-order valence-corrected chi connectivity index (χ4v) is 2.30. The number of aliphatic hydroxyl groups excluding tert-OH is 1. The van der Waals surface area contributed by atoms with Crippen molar-refractivity contribution in [2.75, 3.05) is 12.9 Å². The van der Waals surface area contributed by atoms with E-state index in [4.69, 9.17) is 5.73 Å². The first-order chi connectivity index (χ1) is 7.42. The minimum absolute atomic E-state index is 0.0660. The lowest BCUT2D eigenvalue weighted by molar-refractivity contribution is 0.1000. The van der Waals surface area contributed by atoms with Gasteiger partial charge in [-0.05, 0) is 24.0 Å². The van der Waals surface area contributed by atoms with Crippen molar-refractivity contribution in [2.45, 2.75) is 24.2 Å². The van der Waals surface area contributed by atoms with Crippen LogP contribution in [0.4, 0.5) is 0 Å². The number of thioether (sulfide) groups is 1. The van der Waals surface area contributed by atoms with Gasteiger partial charge < -0.3 is 10.8 Å². The van der Waals surface area contributed by atoms with Gasteiger partial charge in [0, 0.05) is 15.9 Å². The van der Waals surface area contributed by atoms with E-state index in [9.17, 15) is 9.90 Å². The molecule has 1 amide bonds. The number of carbonyl (C=O) groups excluding carboxylic acids is 1. The smallest absolute Gasteiger partial charge is 0.248 e. The zero-order chi connectivity index (χ0) is 12.3. The Kier molecular flexibility index (Phi) is 3.99. The molecular weight excluding hydrogens is 222 g/mol. The van der Waals surface area contributed by atoms with Gasteiger partial charge in [-0.15, -0.1) is 11.8 Å². The highest BCUT2D eigenvalue weighted by Crippen LogP contribution is 2.32. The summed E-state index contributed by atoms with van der Waals surface area (Å²) < 4.78 is 0. The number of rotatable bonds is 4. The van der Waals surface area contributed by atoms with Gasteiger partial charge in [0.25, 0.3) is 0 Å². The Morgan fingerprint density at radius 2 is 2.12 bits per heavy atom.